The normalized spacial score (nSPS) is 12.6. The summed E-state index contributed by atoms with van der Waals surface area (Å²) in [6.45, 7) is 4.87. The highest BCUT2D eigenvalue weighted by Gasteiger charge is 2.15. The molecule has 0 aliphatic heterocycles. The molecule has 90 valence electrons. The summed E-state index contributed by atoms with van der Waals surface area (Å²) >= 11 is 0. The Bertz CT molecular complexity index is 474. The number of aromatic nitrogens is 4. The molecule has 2 aromatic heterocycles. The highest BCUT2D eigenvalue weighted by atomic mass is 15.3. The van der Waals surface area contributed by atoms with Crippen molar-refractivity contribution in [3.05, 3.63) is 41.7 Å². The zero-order chi connectivity index (χ0) is 12.3. The predicted molar refractivity (Wildman–Crippen MR) is 65.6 cm³/mol. The van der Waals surface area contributed by atoms with Gasteiger partial charge in [0.2, 0.25) is 0 Å². The van der Waals surface area contributed by atoms with Crippen molar-refractivity contribution in [2.45, 2.75) is 26.4 Å². The molecule has 0 saturated carbocycles. The van der Waals surface area contributed by atoms with Crippen LogP contribution in [0, 0.1) is 6.92 Å². The summed E-state index contributed by atoms with van der Waals surface area (Å²) in [7, 11) is 1.91. The number of hydrogen-bond acceptors (Lipinski definition) is 4. The molecule has 1 N–H and O–H groups in total. The summed E-state index contributed by atoms with van der Waals surface area (Å²) in [6, 6.07) is 0.0448. The molecule has 0 amide bonds. The van der Waals surface area contributed by atoms with E-state index < -0.39 is 0 Å². The van der Waals surface area contributed by atoms with Crippen molar-refractivity contribution in [1.29, 1.82) is 0 Å². The fourth-order valence-corrected chi connectivity index (χ4v) is 1.74. The van der Waals surface area contributed by atoms with E-state index in [1.165, 1.54) is 0 Å². The molecule has 0 bridgehead atoms. The minimum atomic E-state index is 0.0448. The van der Waals surface area contributed by atoms with Gasteiger partial charge in [0.25, 0.3) is 0 Å². The van der Waals surface area contributed by atoms with E-state index in [0.29, 0.717) is 0 Å². The van der Waals surface area contributed by atoms with E-state index in [-0.39, 0.29) is 6.04 Å². The molecule has 5 nitrogen and oxygen atoms in total. The first kappa shape index (κ1) is 11.7. The first-order valence-corrected chi connectivity index (χ1v) is 5.72. The van der Waals surface area contributed by atoms with Crippen molar-refractivity contribution >= 4 is 0 Å². The van der Waals surface area contributed by atoms with Gasteiger partial charge in [-0.1, -0.05) is 0 Å². The van der Waals surface area contributed by atoms with Crippen molar-refractivity contribution in [3.63, 3.8) is 0 Å². The SMILES string of the molecule is CCn1cc(C(NC)c2cnc(C)cn2)cn1. The molecule has 0 spiro atoms. The van der Waals surface area contributed by atoms with E-state index in [1.807, 2.05) is 31.0 Å². The zero-order valence-corrected chi connectivity index (χ0v) is 10.4. The van der Waals surface area contributed by atoms with Crippen molar-refractivity contribution in [2.24, 2.45) is 0 Å². The van der Waals surface area contributed by atoms with Crippen LogP contribution in [-0.2, 0) is 6.54 Å². The molecule has 2 aromatic rings. The van der Waals surface area contributed by atoms with E-state index in [1.54, 1.807) is 12.4 Å². The van der Waals surface area contributed by atoms with E-state index in [4.69, 9.17) is 0 Å². The van der Waals surface area contributed by atoms with Crippen molar-refractivity contribution < 1.29 is 0 Å². The van der Waals surface area contributed by atoms with Crippen molar-refractivity contribution in [2.75, 3.05) is 7.05 Å². The van der Waals surface area contributed by atoms with Gasteiger partial charge in [-0.15, -0.1) is 0 Å². The third-order valence-electron chi connectivity index (χ3n) is 2.70. The van der Waals surface area contributed by atoms with E-state index in [0.717, 1.165) is 23.5 Å². The van der Waals surface area contributed by atoms with E-state index in [2.05, 4.69) is 27.3 Å². The third-order valence-corrected chi connectivity index (χ3v) is 2.70. The van der Waals surface area contributed by atoms with Gasteiger partial charge < -0.3 is 5.32 Å². The van der Waals surface area contributed by atoms with Gasteiger partial charge in [-0.3, -0.25) is 14.6 Å². The van der Waals surface area contributed by atoms with Gasteiger partial charge in [0.05, 0.1) is 29.8 Å². The second-order valence-electron chi connectivity index (χ2n) is 3.93. The van der Waals surface area contributed by atoms with Crippen LogP contribution in [0.2, 0.25) is 0 Å². The van der Waals surface area contributed by atoms with Crippen molar-refractivity contribution in [3.8, 4) is 0 Å². The van der Waals surface area contributed by atoms with Crippen LogP contribution in [0.3, 0.4) is 0 Å². The lowest BCUT2D eigenvalue weighted by atomic mass is 10.1. The molecule has 0 aromatic carbocycles. The lowest BCUT2D eigenvalue weighted by molar-refractivity contribution is 0.647. The summed E-state index contributed by atoms with van der Waals surface area (Å²) in [5, 5.41) is 7.51. The Morgan fingerprint density at radius 3 is 2.65 bits per heavy atom. The van der Waals surface area contributed by atoms with Crippen molar-refractivity contribution in [1.82, 2.24) is 25.1 Å². The fourth-order valence-electron chi connectivity index (χ4n) is 1.74. The third kappa shape index (κ3) is 2.50. The smallest absolute Gasteiger partial charge is 0.0802 e. The standard InChI is InChI=1S/C12H17N5/c1-4-17-8-10(6-16-17)12(13-3)11-7-14-9(2)5-15-11/h5-8,12-13H,4H2,1-3H3. The molecule has 2 rings (SSSR count). The molecule has 0 radical (unpaired) electrons. The summed E-state index contributed by atoms with van der Waals surface area (Å²) < 4.78 is 1.90. The molecule has 2 heterocycles. The molecule has 17 heavy (non-hydrogen) atoms. The maximum absolute atomic E-state index is 4.40. The second kappa shape index (κ2) is 5.05. The monoisotopic (exact) mass is 231 g/mol. The minimum absolute atomic E-state index is 0.0448. The average molecular weight is 231 g/mol. The summed E-state index contributed by atoms with van der Waals surface area (Å²) in [5.74, 6) is 0. The molecule has 0 aliphatic carbocycles. The Kier molecular flexibility index (Phi) is 3.49. The topological polar surface area (TPSA) is 55.6 Å². The molecule has 0 aliphatic rings. The molecular formula is C12H17N5. The van der Waals surface area contributed by atoms with Crippen LogP contribution in [-0.4, -0.2) is 26.8 Å². The Labute approximate surface area is 101 Å². The molecule has 0 fully saturated rings. The van der Waals surface area contributed by atoms with Gasteiger partial charge in [0.1, 0.15) is 0 Å². The quantitative estimate of drug-likeness (QED) is 0.862. The van der Waals surface area contributed by atoms with Gasteiger partial charge >= 0.3 is 0 Å². The van der Waals surface area contributed by atoms with Gasteiger partial charge in [0, 0.05) is 24.5 Å². The number of nitrogens with one attached hydrogen (secondary N) is 1. The van der Waals surface area contributed by atoms with Gasteiger partial charge in [-0.05, 0) is 20.9 Å². The first-order chi connectivity index (χ1) is 8.24. The highest BCUT2D eigenvalue weighted by molar-refractivity contribution is 5.22. The number of aryl methyl sites for hydroxylation is 2. The largest absolute Gasteiger partial charge is 0.308 e. The van der Waals surface area contributed by atoms with Crippen LogP contribution in [0.4, 0.5) is 0 Å². The summed E-state index contributed by atoms with van der Waals surface area (Å²) in [5.41, 5.74) is 2.94. The van der Waals surface area contributed by atoms with Crippen LogP contribution < -0.4 is 5.32 Å². The lowest BCUT2D eigenvalue weighted by Gasteiger charge is -2.13. The second-order valence-corrected chi connectivity index (χ2v) is 3.93. The van der Waals surface area contributed by atoms with Gasteiger partial charge in [0.15, 0.2) is 0 Å². The lowest BCUT2D eigenvalue weighted by Crippen LogP contribution is -2.18. The Balaban J connectivity index is 2.29. The Morgan fingerprint density at radius 2 is 2.12 bits per heavy atom. The molecule has 0 saturated heterocycles. The predicted octanol–water partition coefficient (Wildman–Crippen LogP) is 1.31. The van der Waals surface area contributed by atoms with Gasteiger partial charge in [-0.2, -0.15) is 5.10 Å². The molecular weight excluding hydrogens is 214 g/mol. The maximum atomic E-state index is 4.40. The Morgan fingerprint density at radius 1 is 1.29 bits per heavy atom. The zero-order valence-electron chi connectivity index (χ0n) is 10.4. The molecule has 5 heteroatoms. The minimum Gasteiger partial charge on any atom is -0.308 e. The van der Waals surface area contributed by atoms with Crippen LogP contribution in [0.5, 0.6) is 0 Å². The summed E-state index contributed by atoms with van der Waals surface area (Å²) in [6.07, 6.45) is 7.48. The van der Waals surface area contributed by atoms with E-state index in [9.17, 15) is 0 Å². The van der Waals surface area contributed by atoms with Crippen LogP contribution >= 0.6 is 0 Å². The van der Waals surface area contributed by atoms with Crippen LogP contribution in [0.1, 0.15) is 29.9 Å². The highest BCUT2D eigenvalue weighted by Crippen LogP contribution is 2.18. The van der Waals surface area contributed by atoms with Crippen LogP contribution in [0.25, 0.3) is 0 Å². The Hall–Kier alpha value is -1.75. The average Bonchev–Trinajstić information content (AvgIpc) is 2.81. The van der Waals surface area contributed by atoms with Gasteiger partial charge in [-0.25, -0.2) is 0 Å². The fraction of sp³-hybridized carbons (Fsp3) is 0.417. The summed E-state index contributed by atoms with van der Waals surface area (Å²) in [4.78, 5) is 8.67. The first-order valence-electron chi connectivity index (χ1n) is 5.72. The maximum Gasteiger partial charge on any atom is 0.0802 e. The van der Waals surface area contributed by atoms with E-state index >= 15 is 0 Å². The molecule has 1 atom stereocenters. The number of nitrogens with zero attached hydrogens (tertiary/aromatic N) is 4. The van der Waals surface area contributed by atoms with Crippen LogP contribution in [0.15, 0.2) is 24.8 Å². The number of rotatable bonds is 4. The number of hydrogen-bond donors (Lipinski definition) is 1. The molecule has 1 unspecified atom stereocenters.